The second-order valence-corrected chi connectivity index (χ2v) is 1.86. The maximum atomic E-state index is 3.87. The Hall–Kier alpha value is -0.860. The third-order valence-corrected chi connectivity index (χ3v) is 0.923. The Balaban J connectivity index is 3.42. The fourth-order valence-electron chi connectivity index (χ4n) is 0.538. The summed E-state index contributed by atoms with van der Waals surface area (Å²) in [7, 11) is 0. The highest BCUT2D eigenvalue weighted by molar-refractivity contribution is 5.81. The summed E-state index contributed by atoms with van der Waals surface area (Å²) in [6.45, 7) is 7.30. The molecule has 0 fully saturated rings. The number of nitrogens with zero attached hydrogens (tertiary/aromatic N) is 2. The highest BCUT2D eigenvalue weighted by Crippen LogP contribution is 1.88. The minimum Gasteiger partial charge on any atom is -0.199 e. The lowest BCUT2D eigenvalue weighted by Gasteiger charge is -1.93. The smallest absolute Gasteiger partial charge is 0.0368 e. The molecule has 0 amide bonds. The number of hydrazone groups is 2. The van der Waals surface area contributed by atoms with Gasteiger partial charge in [0.05, 0.1) is 0 Å². The summed E-state index contributed by atoms with van der Waals surface area (Å²) in [6, 6.07) is 0. The van der Waals surface area contributed by atoms with Crippen LogP contribution in [0.3, 0.4) is 0 Å². The Morgan fingerprint density at radius 2 is 2.33 bits per heavy atom. The van der Waals surface area contributed by atoms with Gasteiger partial charge in [-0.05, 0) is 13.3 Å². The SMILES string of the molecule is C=NN/N=C(\C)CCC. The molecule has 0 saturated heterocycles. The third-order valence-electron chi connectivity index (χ3n) is 0.923. The maximum Gasteiger partial charge on any atom is 0.0368 e. The fourth-order valence-corrected chi connectivity index (χ4v) is 0.538. The van der Waals surface area contributed by atoms with Gasteiger partial charge in [-0.2, -0.15) is 15.7 Å². The van der Waals surface area contributed by atoms with Crippen molar-refractivity contribution in [1.29, 1.82) is 0 Å². The molecule has 0 aromatic heterocycles. The van der Waals surface area contributed by atoms with Crippen molar-refractivity contribution in [3.8, 4) is 0 Å². The molecule has 52 valence electrons. The second-order valence-electron chi connectivity index (χ2n) is 1.86. The zero-order chi connectivity index (χ0) is 7.11. The molecule has 0 aromatic rings. The molecular formula is C6H13N3. The van der Waals surface area contributed by atoms with Gasteiger partial charge in [0.25, 0.3) is 0 Å². The van der Waals surface area contributed by atoms with E-state index in [-0.39, 0.29) is 0 Å². The summed E-state index contributed by atoms with van der Waals surface area (Å²) in [4.78, 5) is 0. The van der Waals surface area contributed by atoms with Crippen molar-refractivity contribution in [3.63, 3.8) is 0 Å². The first kappa shape index (κ1) is 8.14. The van der Waals surface area contributed by atoms with E-state index in [1.54, 1.807) is 0 Å². The first-order valence-electron chi connectivity index (χ1n) is 3.05. The van der Waals surface area contributed by atoms with Crippen LogP contribution < -0.4 is 5.53 Å². The van der Waals surface area contributed by atoms with Gasteiger partial charge in [-0.15, -0.1) is 0 Å². The Labute approximate surface area is 55.8 Å². The van der Waals surface area contributed by atoms with Crippen LogP contribution in [0.15, 0.2) is 10.2 Å². The van der Waals surface area contributed by atoms with Gasteiger partial charge in [0, 0.05) is 12.4 Å². The molecule has 0 atom stereocenters. The normalized spacial score (nSPS) is 11.1. The maximum absolute atomic E-state index is 3.87. The second kappa shape index (κ2) is 5.28. The van der Waals surface area contributed by atoms with E-state index in [0.29, 0.717) is 0 Å². The van der Waals surface area contributed by atoms with Gasteiger partial charge >= 0.3 is 0 Å². The van der Waals surface area contributed by atoms with Crippen molar-refractivity contribution in [2.75, 3.05) is 0 Å². The van der Waals surface area contributed by atoms with Gasteiger partial charge in [0.2, 0.25) is 0 Å². The van der Waals surface area contributed by atoms with E-state index < -0.39 is 0 Å². The van der Waals surface area contributed by atoms with Crippen molar-refractivity contribution in [2.45, 2.75) is 26.7 Å². The van der Waals surface area contributed by atoms with E-state index in [4.69, 9.17) is 0 Å². The van der Waals surface area contributed by atoms with E-state index in [0.717, 1.165) is 18.6 Å². The van der Waals surface area contributed by atoms with Crippen LogP contribution in [0.5, 0.6) is 0 Å². The highest BCUT2D eigenvalue weighted by atomic mass is 15.5. The van der Waals surface area contributed by atoms with Gasteiger partial charge < -0.3 is 0 Å². The lowest BCUT2D eigenvalue weighted by molar-refractivity contribution is 0.803. The van der Waals surface area contributed by atoms with Gasteiger partial charge in [0.1, 0.15) is 0 Å². The molecule has 0 aliphatic carbocycles. The molecule has 0 unspecified atom stereocenters. The first-order chi connectivity index (χ1) is 4.31. The summed E-state index contributed by atoms with van der Waals surface area (Å²) in [5, 5.41) is 7.24. The van der Waals surface area contributed by atoms with E-state index in [9.17, 15) is 0 Å². The summed E-state index contributed by atoms with van der Waals surface area (Å²) >= 11 is 0. The lowest BCUT2D eigenvalue weighted by Crippen LogP contribution is -1.99. The molecule has 3 nitrogen and oxygen atoms in total. The Kier molecular flexibility index (Phi) is 4.78. The Morgan fingerprint density at radius 3 is 2.78 bits per heavy atom. The molecule has 0 radical (unpaired) electrons. The summed E-state index contributed by atoms with van der Waals surface area (Å²) in [5.41, 5.74) is 3.49. The summed E-state index contributed by atoms with van der Waals surface area (Å²) in [6.07, 6.45) is 2.14. The predicted molar refractivity (Wildman–Crippen MR) is 40.7 cm³/mol. The van der Waals surface area contributed by atoms with Crippen molar-refractivity contribution in [1.82, 2.24) is 5.53 Å². The molecule has 0 saturated carbocycles. The Bertz CT molecular complexity index is 107. The van der Waals surface area contributed by atoms with Crippen molar-refractivity contribution in [3.05, 3.63) is 0 Å². The lowest BCUT2D eigenvalue weighted by atomic mass is 10.2. The molecule has 9 heavy (non-hydrogen) atoms. The highest BCUT2D eigenvalue weighted by Gasteiger charge is 1.84. The van der Waals surface area contributed by atoms with E-state index in [1.807, 2.05) is 6.92 Å². The van der Waals surface area contributed by atoms with Crippen LogP contribution in [0, 0.1) is 0 Å². The zero-order valence-corrected chi connectivity index (χ0v) is 6.02. The van der Waals surface area contributed by atoms with Crippen LogP contribution in [-0.2, 0) is 0 Å². The summed E-state index contributed by atoms with van der Waals surface area (Å²) < 4.78 is 0. The standard InChI is InChI=1S/C6H13N3/c1-4-5-6(2)8-9-7-3/h9H,3-5H2,1-2H3/b8-6+. The van der Waals surface area contributed by atoms with Crippen molar-refractivity contribution >= 4 is 12.4 Å². The third kappa shape index (κ3) is 5.00. The van der Waals surface area contributed by atoms with Crippen LogP contribution in [0.4, 0.5) is 0 Å². The molecule has 0 aliphatic rings. The number of nitrogens with one attached hydrogen (secondary N) is 1. The average molecular weight is 127 g/mol. The van der Waals surface area contributed by atoms with Crippen LogP contribution in [0.1, 0.15) is 26.7 Å². The fraction of sp³-hybridized carbons (Fsp3) is 0.667. The minimum atomic E-state index is 1.02. The molecule has 0 heterocycles. The molecular weight excluding hydrogens is 114 g/mol. The van der Waals surface area contributed by atoms with Gasteiger partial charge in [-0.1, -0.05) is 13.3 Å². The summed E-state index contributed by atoms with van der Waals surface area (Å²) in [5.74, 6) is 0. The van der Waals surface area contributed by atoms with Crippen LogP contribution >= 0.6 is 0 Å². The monoisotopic (exact) mass is 127 g/mol. The van der Waals surface area contributed by atoms with E-state index >= 15 is 0 Å². The molecule has 0 bridgehead atoms. The van der Waals surface area contributed by atoms with Crippen molar-refractivity contribution < 1.29 is 0 Å². The van der Waals surface area contributed by atoms with Gasteiger partial charge in [0.15, 0.2) is 0 Å². The zero-order valence-electron chi connectivity index (χ0n) is 6.02. The molecule has 3 heteroatoms. The van der Waals surface area contributed by atoms with Gasteiger partial charge in [-0.3, -0.25) is 0 Å². The topological polar surface area (TPSA) is 36.8 Å². The first-order valence-corrected chi connectivity index (χ1v) is 3.05. The van der Waals surface area contributed by atoms with Crippen LogP contribution in [-0.4, -0.2) is 12.4 Å². The minimum absolute atomic E-state index is 1.02. The largest absolute Gasteiger partial charge is 0.199 e. The average Bonchev–Trinajstić information content (AvgIpc) is 1.85. The molecule has 0 rings (SSSR count). The predicted octanol–water partition coefficient (Wildman–Crippen LogP) is 1.37. The van der Waals surface area contributed by atoms with Crippen molar-refractivity contribution in [2.24, 2.45) is 10.2 Å². The molecule has 1 N–H and O–H groups in total. The number of hydrogen-bond donors (Lipinski definition) is 1. The molecule has 0 aliphatic heterocycles. The molecule has 0 spiro atoms. The molecule has 0 aromatic carbocycles. The van der Waals surface area contributed by atoms with E-state index in [1.165, 1.54) is 0 Å². The quantitative estimate of drug-likeness (QED) is 0.449. The number of hydrogen-bond acceptors (Lipinski definition) is 3. The number of rotatable bonds is 4. The van der Waals surface area contributed by atoms with E-state index in [2.05, 4.69) is 29.4 Å². The van der Waals surface area contributed by atoms with Gasteiger partial charge in [-0.25, -0.2) is 0 Å². The van der Waals surface area contributed by atoms with Crippen LogP contribution in [0.25, 0.3) is 0 Å². The van der Waals surface area contributed by atoms with Crippen LogP contribution in [0.2, 0.25) is 0 Å². The Morgan fingerprint density at radius 1 is 1.67 bits per heavy atom.